The van der Waals surface area contributed by atoms with E-state index in [2.05, 4.69) is 10.4 Å². The highest BCUT2D eigenvalue weighted by atomic mass is 35.5. The van der Waals surface area contributed by atoms with Crippen LogP contribution in [0.15, 0.2) is 18.3 Å². The molecule has 0 aliphatic carbocycles. The molecule has 0 aliphatic rings. The van der Waals surface area contributed by atoms with E-state index in [0.29, 0.717) is 12.1 Å². The van der Waals surface area contributed by atoms with E-state index in [9.17, 15) is 4.79 Å². The Hall–Kier alpha value is -1.33. The molecule has 0 unspecified atom stereocenters. The monoisotopic (exact) mass is 283 g/mol. The number of aryl methyl sites for hydroxylation is 1. The topological polar surface area (TPSA) is 46.9 Å². The average Bonchev–Trinajstić information content (AvgIpc) is 2.87. The molecule has 0 aliphatic heterocycles. The smallest absolute Gasteiger partial charge is 0.254 e. The van der Waals surface area contributed by atoms with E-state index >= 15 is 0 Å². The lowest BCUT2D eigenvalue weighted by Crippen LogP contribution is -2.25. The van der Waals surface area contributed by atoms with Gasteiger partial charge in [-0.2, -0.15) is 5.10 Å². The van der Waals surface area contributed by atoms with Crippen molar-refractivity contribution in [2.75, 3.05) is 6.54 Å². The molecule has 0 fully saturated rings. The third kappa shape index (κ3) is 2.91. The molecule has 0 aromatic carbocycles. The average molecular weight is 284 g/mol. The Bertz CT molecular complexity index is 561. The molecule has 1 N–H and O–H groups in total. The molecule has 0 bridgehead atoms. The van der Waals surface area contributed by atoms with E-state index in [-0.39, 0.29) is 5.91 Å². The fourth-order valence-electron chi connectivity index (χ4n) is 1.60. The fourth-order valence-corrected chi connectivity index (χ4v) is 2.69. The van der Waals surface area contributed by atoms with E-state index in [1.165, 1.54) is 4.88 Å². The zero-order valence-corrected chi connectivity index (χ0v) is 11.8. The van der Waals surface area contributed by atoms with Crippen LogP contribution in [0.3, 0.4) is 0 Å². The van der Waals surface area contributed by atoms with E-state index in [4.69, 9.17) is 11.6 Å². The van der Waals surface area contributed by atoms with Crippen LogP contribution in [0, 0.1) is 6.92 Å². The third-order valence-electron chi connectivity index (χ3n) is 2.77. The summed E-state index contributed by atoms with van der Waals surface area (Å²) in [6.07, 6.45) is 2.38. The molecular formula is C12H14ClN3OS. The lowest BCUT2D eigenvalue weighted by atomic mass is 10.2. The van der Waals surface area contributed by atoms with Crippen LogP contribution < -0.4 is 5.32 Å². The lowest BCUT2D eigenvalue weighted by Gasteiger charge is -2.03. The zero-order valence-electron chi connectivity index (χ0n) is 10.2. The molecular weight excluding hydrogens is 270 g/mol. The third-order valence-corrected chi connectivity index (χ3v) is 4.06. The molecule has 4 nitrogen and oxygen atoms in total. The van der Waals surface area contributed by atoms with E-state index in [1.54, 1.807) is 22.2 Å². The predicted octanol–water partition coefficient (Wildman–Crippen LogP) is 2.42. The standard InChI is InChI=1S/C12H14ClN3OS/c1-8-10(7-15-16(8)2)12(17)14-6-5-9-3-4-11(13)18-9/h3-4,7H,5-6H2,1-2H3,(H,14,17). The van der Waals surface area contributed by atoms with Gasteiger partial charge in [0.25, 0.3) is 5.91 Å². The normalized spacial score (nSPS) is 10.6. The Kier molecular flexibility index (Phi) is 4.04. The second-order valence-corrected chi connectivity index (χ2v) is 5.78. The fraction of sp³-hybridized carbons (Fsp3) is 0.333. The molecule has 0 atom stereocenters. The highest BCUT2D eigenvalue weighted by Crippen LogP contribution is 2.21. The van der Waals surface area contributed by atoms with Crippen LogP contribution in [-0.2, 0) is 13.5 Å². The van der Waals surface area contributed by atoms with E-state index in [1.807, 2.05) is 26.1 Å². The number of nitrogens with zero attached hydrogens (tertiary/aromatic N) is 2. The number of aromatic nitrogens is 2. The second-order valence-electron chi connectivity index (χ2n) is 3.98. The molecule has 18 heavy (non-hydrogen) atoms. The quantitative estimate of drug-likeness (QED) is 0.937. The van der Waals surface area contributed by atoms with Gasteiger partial charge >= 0.3 is 0 Å². The lowest BCUT2D eigenvalue weighted by molar-refractivity contribution is 0.0953. The number of thiophene rings is 1. The molecule has 0 saturated heterocycles. The molecule has 1 amide bonds. The van der Waals surface area contributed by atoms with Gasteiger partial charge in [-0.25, -0.2) is 0 Å². The van der Waals surface area contributed by atoms with E-state index in [0.717, 1.165) is 16.5 Å². The second kappa shape index (κ2) is 5.54. The first kappa shape index (κ1) is 13.1. The number of nitrogens with one attached hydrogen (secondary N) is 1. The van der Waals surface area contributed by atoms with Crippen molar-refractivity contribution in [2.45, 2.75) is 13.3 Å². The Morgan fingerprint density at radius 3 is 2.89 bits per heavy atom. The highest BCUT2D eigenvalue weighted by Gasteiger charge is 2.11. The summed E-state index contributed by atoms with van der Waals surface area (Å²) in [5.41, 5.74) is 1.49. The maximum atomic E-state index is 11.9. The summed E-state index contributed by atoms with van der Waals surface area (Å²) in [5.74, 6) is -0.0803. The molecule has 96 valence electrons. The number of carbonyl (C=O) groups is 1. The Morgan fingerprint density at radius 1 is 1.56 bits per heavy atom. The van der Waals surface area contributed by atoms with Crippen molar-refractivity contribution in [2.24, 2.45) is 7.05 Å². The van der Waals surface area contributed by atoms with Gasteiger partial charge in [0.1, 0.15) is 0 Å². The largest absolute Gasteiger partial charge is 0.352 e. The van der Waals surface area contributed by atoms with Gasteiger partial charge in [0.05, 0.1) is 16.1 Å². The summed E-state index contributed by atoms with van der Waals surface area (Å²) in [4.78, 5) is 13.1. The number of hydrogen-bond acceptors (Lipinski definition) is 3. The summed E-state index contributed by atoms with van der Waals surface area (Å²) in [6.45, 7) is 2.48. The van der Waals surface area contributed by atoms with Crippen molar-refractivity contribution in [1.82, 2.24) is 15.1 Å². The Labute approximate surface area is 115 Å². The number of halogens is 1. The van der Waals surface area contributed by atoms with Gasteiger partial charge in [-0.1, -0.05) is 11.6 Å². The number of carbonyl (C=O) groups excluding carboxylic acids is 1. The number of amides is 1. The maximum Gasteiger partial charge on any atom is 0.254 e. The summed E-state index contributed by atoms with van der Waals surface area (Å²) in [7, 11) is 1.82. The van der Waals surface area contributed by atoms with Crippen molar-refractivity contribution >= 4 is 28.8 Å². The zero-order chi connectivity index (χ0) is 13.1. The summed E-state index contributed by atoms with van der Waals surface area (Å²) in [6, 6.07) is 3.85. The first-order valence-electron chi connectivity index (χ1n) is 5.59. The highest BCUT2D eigenvalue weighted by molar-refractivity contribution is 7.16. The van der Waals surface area contributed by atoms with Crippen LogP contribution in [0.2, 0.25) is 4.34 Å². The van der Waals surface area contributed by atoms with E-state index < -0.39 is 0 Å². The molecule has 2 heterocycles. The first-order valence-corrected chi connectivity index (χ1v) is 6.78. The summed E-state index contributed by atoms with van der Waals surface area (Å²) in [5, 5.41) is 6.93. The Balaban J connectivity index is 1.87. The molecule has 0 radical (unpaired) electrons. The van der Waals surface area contributed by atoms with Crippen LogP contribution >= 0.6 is 22.9 Å². The van der Waals surface area contributed by atoms with Gasteiger partial charge in [-0.05, 0) is 25.5 Å². The van der Waals surface area contributed by atoms with Crippen molar-refractivity contribution in [3.63, 3.8) is 0 Å². The van der Waals surface area contributed by atoms with Crippen LogP contribution in [0.4, 0.5) is 0 Å². The van der Waals surface area contributed by atoms with Gasteiger partial charge in [0, 0.05) is 24.2 Å². The van der Waals surface area contributed by atoms with Gasteiger partial charge in [-0.15, -0.1) is 11.3 Å². The first-order chi connectivity index (χ1) is 8.58. The molecule has 6 heteroatoms. The minimum Gasteiger partial charge on any atom is -0.352 e. The van der Waals surface area contributed by atoms with Crippen molar-refractivity contribution < 1.29 is 4.79 Å². The van der Waals surface area contributed by atoms with Gasteiger partial charge in [0.2, 0.25) is 0 Å². The molecule has 0 spiro atoms. The van der Waals surface area contributed by atoms with Crippen molar-refractivity contribution in [3.8, 4) is 0 Å². The molecule has 2 aromatic rings. The van der Waals surface area contributed by atoms with Gasteiger partial charge in [0.15, 0.2) is 0 Å². The number of rotatable bonds is 4. The Morgan fingerprint density at radius 2 is 2.33 bits per heavy atom. The van der Waals surface area contributed by atoms with Gasteiger partial charge in [-0.3, -0.25) is 9.48 Å². The minimum atomic E-state index is -0.0803. The van der Waals surface area contributed by atoms with Crippen molar-refractivity contribution in [3.05, 3.63) is 38.8 Å². The summed E-state index contributed by atoms with van der Waals surface area (Å²) >= 11 is 7.38. The SMILES string of the molecule is Cc1c(C(=O)NCCc2ccc(Cl)s2)cnn1C. The molecule has 2 aromatic heterocycles. The van der Waals surface area contributed by atoms with Crippen LogP contribution in [0.5, 0.6) is 0 Å². The summed E-state index contributed by atoms with van der Waals surface area (Å²) < 4.78 is 2.47. The number of hydrogen-bond donors (Lipinski definition) is 1. The van der Waals surface area contributed by atoms with Crippen molar-refractivity contribution in [1.29, 1.82) is 0 Å². The minimum absolute atomic E-state index is 0.0803. The molecule has 0 saturated carbocycles. The molecule has 2 rings (SSSR count). The van der Waals surface area contributed by atoms with Gasteiger partial charge < -0.3 is 5.32 Å². The predicted molar refractivity (Wildman–Crippen MR) is 73.3 cm³/mol. The van der Waals surface area contributed by atoms with Crippen LogP contribution in [0.1, 0.15) is 20.9 Å². The van der Waals surface area contributed by atoms with Crippen LogP contribution in [0.25, 0.3) is 0 Å². The van der Waals surface area contributed by atoms with Crippen LogP contribution in [-0.4, -0.2) is 22.2 Å². The maximum absolute atomic E-state index is 11.9.